The molecule has 0 radical (unpaired) electrons. The topological polar surface area (TPSA) is 37.3 Å². The van der Waals surface area contributed by atoms with Crippen molar-refractivity contribution in [3.8, 4) is 0 Å². The third kappa shape index (κ3) is 5.81. The summed E-state index contributed by atoms with van der Waals surface area (Å²) in [5.41, 5.74) is 0. The molecule has 0 rings (SSSR count). The lowest BCUT2D eigenvalue weighted by atomic mass is 9.94. The summed E-state index contributed by atoms with van der Waals surface area (Å²) >= 11 is 0. The lowest BCUT2D eigenvalue weighted by Gasteiger charge is -2.16. The monoisotopic (exact) mass is 186 g/mol. The summed E-state index contributed by atoms with van der Waals surface area (Å²) in [4.78, 5) is 10.4. The van der Waals surface area contributed by atoms with E-state index in [0.717, 1.165) is 19.1 Å². The normalized spacial score (nSPS) is 17.8. The van der Waals surface area contributed by atoms with Crippen LogP contribution in [0.15, 0.2) is 0 Å². The van der Waals surface area contributed by atoms with Crippen molar-refractivity contribution < 1.29 is 9.90 Å². The molecule has 78 valence electrons. The number of aldehydes is 1. The molecule has 13 heavy (non-hydrogen) atoms. The molecule has 0 spiro atoms. The number of hydrogen-bond acceptors (Lipinski definition) is 2. The number of aliphatic hydroxyl groups excluding tert-OH is 1. The Kier molecular flexibility index (Phi) is 6.87. The van der Waals surface area contributed by atoms with Crippen LogP contribution < -0.4 is 0 Å². The Bertz CT molecular complexity index is 134. The Hall–Kier alpha value is -0.370. The Morgan fingerprint density at radius 1 is 1.23 bits per heavy atom. The molecule has 0 saturated carbocycles. The first kappa shape index (κ1) is 12.6. The van der Waals surface area contributed by atoms with E-state index in [1.807, 2.05) is 0 Å². The van der Waals surface area contributed by atoms with E-state index in [9.17, 15) is 9.90 Å². The fourth-order valence-electron chi connectivity index (χ4n) is 1.45. The predicted molar refractivity (Wildman–Crippen MR) is 54.5 cm³/mol. The van der Waals surface area contributed by atoms with Crippen LogP contribution in [0.2, 0.25) is 0 Å². The molecule has 0 amide bonds. The zero-order valence-corrected chi connectivity index (χ0v) is 8.99. The van der Waals surface area contributed by atoms with E-state index in [-0.39, 0.29) is 5.92 Å². The van der Waals surface area contributed by atoms with Crippen molar-refractivity contribution in [1.29, 1.82) is 0 Å². The van der Waals surface area contributed by atoms with Crippen molar-refractivity contribution in [2.75, 3.05) is 0 Å². The van der Waals surface area contributed by atoms with Crippen LogP contribution in [0.5, 0.6) is 0 Å². The molecule has 0 saturated heterocycles. The van der Waals surface area contributed by atoms with E-state index in [1.54, 1.807) is 6.92 Å². The highest BCUT2D eigenvalue weighted by Gasteiger charge is 2.13. The minimum Gasteiger partial charge on any atom is -0.392 e. The number of carbonyl (C=O) groups excluding carboxylic acids is 1. The molecule has 0 heterocycles. The summed E-state index contributed by atoms with van der Waals surface area (Å²) < 4.78 is 0. The highest BCUT2D eigenvalue weighted by atomic mass is 16.3. The molecule has 0 aromatic heterocycles. The van der Waals surface area contributed by atoms with Gasteiger partial charge in [-0.05, 0) is 18.8 Å². The maximum absolute atomic E-state index is 10.4. The third-order valence-corrected chi connectivity index (χ3v) is 2.56. The largest absolute Gasteiger partial charge is 0.392 e. The Labute approximate surface area is 81.3 Å². The quantitative estimate of drug-likeness (QED) is 0.620. The van der Waals surface area contributed by atoms with Crippen LogP contribution in [-0.2, 0) is 4.79 Å². The standard InChI is InChI=1S/C11H22O2/c1-4-5-9(2)6-7-11(13)10(3)8-12/h8-11,13H,4-7H2,1-3H3. The van der Waals surface area contributed by atoms with E-state index in [0.29, 0.717) is 5.92 Å². The molecule has 0 aliphatic heterocycles. The van der Waals surface area contributed by atoms with Crippen molar-refractivity contribution in [1.82, 2.24) is 0 Å². The molecule has 3 unspecified atom stereocenters. The SMILES string of the molecule is CCCC(C)CCC(O)C(C)C=O. The molecule has 0 aliphatic rings. The van der Waals surface area contributed by atoms with Crippen LogP contribution >= 0.6 is 0 Å². The Morgan fingerprint density at radius 3 is 2.31 bits per heavy atom. The number of carbonyl (C=O) groups is 1. The van der Waals surface area contributed by atoms with Gasteiger partial charge in [-0.3, -0.25) is 0 Å². The minimum atomic E-state index is -0.447. The van der Waals surface area contributed by atoms with Crippen LogP contribution in [0.4, 0.5) is 0 Å². The summed E-state index contributed by atoms with van der Waals surface area (Å²) in [6, 6.07) is 0. The van der Waals surface area contributed by atoms with Crippen LogP contribution in [0.3, 0.4) is 0 Å². The van der Waals surface area contributed by atoms with Gasteiger partial charge >= 0.3 is 0 Å². The summed E-state index contributed by atoms with van der Waals surface area (Å²) in [5, 5.41) is 9.50. The van der Waals surface area contributed by atoms with Crippen molar-refractivity contribution in [2.45, 2.75) is 52.6 Å². The smallest absolute Gasteiger partial charge is 0.125 e. The number of aliphatic hydroxyl groups is 1. The average Bonchev–Trinajstić information content (AvgIpc) is 2.13. The molecule has 0 aromatic rings. The van der Waals surface area contributed by atoms with E-state index in [1.165, 1.54) is 12.8 Å². The van der Waals surface area contributed by atoms with Crippen LogP contribution in [-0.4, -0.2) is 17.5 Å². The van der Waals surface area contributed by atoms with Crippen molar-refractivity contribution in [3.63, 3.8) is 0 Å². The fraction of sp³-hybridized carbons (Fsp3) is 0.909. The first-order chi connectivity index (χ1) is 6.11. The summed E-state index contributed by atoms with van der Waals surface area (Å²) in [6.07, 6.45) is 4.56. The second-order valence-corrected chi connectivity index (χ2v) is 4.03. The fourth-order valence-corrected chi connectivity index (χ4v) is 1.45. The molecule has 2 heteroatoms. The molecule has 0 fully saturated rings. The van der Waals surface area contributed by atoms with Crippen LogP contribution in [0, 0.1) is 11.8 Å². The second kappa shape index (κ2) is 7.07. The third-order valence-electron chi connectivity index (χ3n) is 2.56. The average molecular weight is 186 g/mol. The van der Waals surface area contributed by atoms with Gasteiger partial charge < -0.3 is 9.90 Å². The molecular formula is C11H22O2. The van der Waals surface area contributed by atoms with Gasteiger partial charge in [-0.15, -0.1) is 0 Å². The maximum atomic E-state index is 10.4. The van der Waals surface area contributed by atoms with Crippen LogP contribution in [0.25, 0.3) is 0 Å². The van der Waals surface area contributed by atoms with Gasteiger partial charge in [-0.25, -0.2) is 0 Å². The Morgan fingerprint density at radius 2 is 1.85 bits per heavy atom. The number of rotatable bonds is 7. The molecular weight excluding hydrogens is 164 g/mol. The summed E-state index contributed by atoms with van der Waals surface area (Å²) in [7, 11) is 0. The molecule has 3 atom stereocenters. The summed E-state index contributed by atoms with van der Waals surface area (Å²) in [5.74, 6) is 0.451. The molecule has 0 aromatic carbocycles. The van der Waals surface area contributed by atoms with Crippen molar-refractivity contribution in [3.05, 3.63) is 0 Å². The van der Waals surface area contributed by atoms with E-state index in [4.69, 9.17) is 0 Å². The zero-order chi connectivity index (χ0) is 10.3. The lowest BCUT2D eigenvalue weighted by Crippen LogP contribution is -2.19. The van der Waals surface area contributed by atoms with Gasteiger partial charge in [-0.2, -0.15) is 0 Å². The molecule has 0 aliphatic carbocycles. The minimum absolute atomic E-state index is 0.214. The number of hydrogen-bond donors (Lipinski definition) is 1. The van der Waals surface area contributed by atoms with Gasteiger partial charge in [-0.1, -0.05) is 33.6 Å². The zero-order valence-electron chi connectivity index (χ0n) is 8.99. The highest BCUT2D eigenvalue weighted by molar-refractivity contribution is 5.53. The molecule has 1 N–H and O–H groups in total. The van der Waals surface area contributed by atoms with Crippen molar-refractivity contribution in [2.24, 2.45) is 11.8 Å². The second-order valence-electron chi connectivity index (χ2n) is 4.03. The van der Waals surface area contributed by atoms with Gasteiger partial charge in [0.1, 0.15) is 6.29 Å². The molecule has 0 bridgehead atoms. The lowest BCUT2D eigenvalue weighted by molar-refractivity contribution is -0.113. The summed E-state index contributed by atoms with van der Waals surface area (Å²) in [6.45, 7) is 6.13. The van der Waals surface area contributed by atoms with Gasteiger partial charge in [0.25, 0.3) is 0 Å². The van der Waals surface area contributed by atoms with Gasteiger partial charge in [0.2, 0.25) is 0 Å². The van der Waals surface area contributed by atoms with E-state index < -0.39 is 6.10 Å². The van der Waals surface area contributed by atoms with Gasteiger partial charge in [0.15, 0.2) is 0 Å². The van der Waals surface area contributed by atoms with E-state index >= 15 is 0 Å². The van der Waals surface area contributed by atoms with Gasteiger partial charge in [0, 0.05) is 5.92 Å². The first-order valence-corrected chi connectivity index (χ1v) is 5.25. The maximum Gasteiger partial charge on any atom is 0.125 e. The Balaban J connectivity index is 3.56. The highest BCUT2D eigenvalue weighted by Crippen LogP contribution is 2.16. The predicted octanol–water partition coefficient (Wildman–Crippen LogP) is 2.40. The molecule has 2 nitrogen and oxygen atoms in total. The van der Waals surface area contributed by atoms with Crippen LogP contribution in [0.1, 0.15) is 46.5 Å². The van der Waals surface area contributed by atoms with E-state index in [2.05, 4.69) is 13.8 Å². The first-order valence-electron chi connectivity index (χ1n) is 5.25. The van der Waals surface area contributed by atoms with Crippen molar-refractivity contribution >= 4 is 6.29 Å². The van der Waals surface area contributed by atoms with Gasteiger partial charge in [0.05, 0.1) is 6.10 Å².